The first-order valence-corrected chi connectivity index (χ1v) is 6.41. The predicted octanol–water partition coefficient (Wildman–Crippen LogP) is 2.14. The number of hydrogen-bond donors (Lipinski definition) is 1. The van der Waals surface area contributed by atoms with E-state index in [0.717, 1.165) is 35.1 Å². The number of nitrogens with two attached hydrogens (primary N) is 1. The molecule has 0 saturated carbocycles. The molecule has 0 unspecified atom stereocenters. The third-order valence-corrected chi connectivity index (χ3v) is 3.29. The third-order valence-electron chi connectivity index (χ3n) is 2.47. The first-order valence-electron chi connectivity index (χ1n) is 5.53. The zero-order valence-electron chi connectivity index (χ0n) is 10.1. The summed E-state index contributed by atoms with van der Waals surface area (Å²) in [6.07, 6.45) is 1.72. The summed E-state index contributed by atoms with van der Waals surface area (Å²) in [5.41, 5.74) is 7.69. The van der Waals surface area contributed by atoms with E-state index in [4.69, 9.17) is 10.2 Å². The van der Waals surface area contributed by atoms with Crippen molar-refractivity contribution < 1.29 is 4.42 Å². The second-order valence-corrected chi connectivity index (χ2v) is 5.22. The van der Waals surface area contributed by atoms with Gasteiger partial charge in [-0.3, -0.25) is 4.90 Å². The Labute approximate surface area is 105 Å². The van der Waals surface area contributed by atoms with Crippen molar-refractivity contribution >= 4 is 11.3 Å². The van der Waals surface area contributed by atoms with Gasteiger partial charge >= 0.3 is 0 Å². The molecule has 0 aliphatic rings. The molecule has 2 rings (SSSR count). The lowest BCUT2D eigenvalue weighted by molar-refractivity contribution is 0.285. The number of thiazole rings is 1. The fraction of sp³-hybridized carbons (Fsp3) is 0.417. The van der Waals surface area contributed by atoms with Gasteiger partial charge < -0.3 is 10.2 Å². The maximum Gasteiger partial charge on any atom is 0.118 e. The van der Waals surface area contributed by atoms with E-state index in [1.807, 2.05) is 13.0 Å². The van der Waals surface area contributed by atoms with Crippen LogP contribution in [0.15, 0.2) is 22.1 Å². The van der Waals surface area contributed by atoms with Crippen LogP contribution in [0.2, 0.25) is 0 Å². The Morgan fingerprint density at radius 2 is 2.29 bits per heavy atom. The maximum absolute atomic E-state index is 5.54. The molecular weight excluding hydrogens is 234 g/mol. The molecule has 0 aromatic carbocycles. The van der Waals surface area contributed by atoms with E-state index < -0.39 is 0 Å². The SMILES string of the molecule is Cc1nc(CN(C)Cc2cc(CN)co2)cs1. The molecule has 0 amide bonds. The Hall–Kier alpha value is -1.17. The lowest BCUT2D eigenvalue weighted by Crippen LogP contribution is -2.17. The lowest BCUT2D eigenvalue weighted by Gasteiger charge is -2.12. The highest BCUT2D eigenvalue weighted by Crippen LogP contribution is 2.13. The molecular formula is C12H17N3OS. The van der Waals surface area contributed by atoms with Crippen LogP contribution < -0.4 is 5.73 Å². The van der Waals surface area contributed by atoms with Gasteiger partial charge in [0.15, 0.2) is 0 Å². The van der Waals surface area contributed by atoms with Crippen LogP contribution in [0.1, 0.15) is 22.0 Å². The topological polar surface area (TPSA) is 55.3 Å². The summed E-state index contributed by atoms with van der Waals surface area (Å²) in [6.45, 7) is 4.16. The summed E-state index contributed by atoms with van der Waals surface area (Å²) in [5, 5.41) is 3.20. The van der Waals surface area contributed by atoms with Crippen LogP contribution in [0.4, 0.5) is 0 Å². The van der Waals surface area contributed by atoms with Crippen molar-refractivity contribution in [2.45, 2.75) is 26.6 Å². The highest BCUT2D eigenvalue weighted by molar-refractivity contribution is 7.09. The van der Waals surface area contributed by atoms with Crippen LogP contribution in [-0.4, -0.2) is 16.9 Å². The molecule has 17 heavy (non-hydrogen) atoms. The minimum absolute atomic E-state index is 0.526. The number of aromatic nitrogens is 1. The summed E-state index contributed by atoms with van der Waals surface area (Å²) in [5.74, 6) is 0.944. The van der Waals surface area contributed by atoms with E-state index in [1.165, 1.54) is 0 Å². The Balaban J connectivity index is 1.90. The van der Waals surface area contributed by atoms with Crippen molar-refractivity contribution in [3.63, 3.8) is 0 Å². The predicted molar refractivity (Wildman–Crippen MR) is 68.6 cm³/mol. The van der Waals surface area contributed by atoms with Gasteiger partial charge in [0, 0.05) is 24.0 Å². The largest absolute Gasteiger partial charge is 0.468 e. The second-order valence-electron chi connectivity index (χ2n) is 4.16. The molecule has 0 saturated heterocycles. The van der Waals surface area contributed by atoms with Crippen molar-refractivity contribution in [3.8, 4) is 0 Å². The van der Waals surface area contributed by atoms with E-state index in [0.29, 0.717) is 6.54 Å². The molecule has 0 aliphatic carbocycles. The number of rotatable bonds is 5. The quantitative estimate of drug-likeness (QED) is 0.884. The van der Waals surface area contributed by atoms with Gasteiger partial charge in [0.2, 0.25) is 0 Å². The van der Waals surface area contributed by atoms with Crippen LogP contribution in [0.25, 0.3) is 0 Å². The maximum atomic E-state index is 5.54. The van der Waals surface area contributed by atoms with Gasteiger partial charge in [0.1, 0.15) is 5.76 Å². The minimum Gasteiger partial charge on any atom is -0.468 e. The fourth-order valence-electron chi connectivity index (χ4n) is 1.70. The first kappa shape index (κ1) is 12.3. The molecule has 92 valence electrons. The first-order chi connectivity index (χ1) is 8.17. The number of aryl methyl sites for hydroxylation is 1. The summed E-state index contributed by atoms with van der Waals surface area (Å²) in [4.78, 5) is 6.61. The van der Waals surface area contributed by atoms with Crippen molar-refractivity contribution in [1.29, 1.82) is 0 Å². The van der Waals surface area contributed by atoms with Gasteiger partial charge in [-0.25, -0.2) is 4.98 Å². The van der Waals surface area contributed by atoms with Gasteiger partial charge in [-0.15, -0.1) is 11.3 Å². The van der Waals surface area contributed by atoms with Crippen molar-refractivity contribution in [2.24, 2.45) is 5.73 Å². The van der Waals surface area contributed by atoms with Crippen molar-refractivity contribution in [2.75, 3.05) is 7.05 Å². The van der Waals surface area contributed by atoms with Crippen LogP contribution >= 0.6 is 11.3 Å². The Morgan fingerprint density at radius 3 is 2.88 bits per heavy atom. The van der Waals surface area contributed by atoms with E-state index in [-0.39, 0.29) is 0 Å². The highest BCUT2D eigenvalue weighted by atomic mass is 32.1. The molecule has 0 bridgehead atoms. The fourth-order valence-corrected chi connectivity index (χ4v) is 2.30. The minimum atomic E-state index is 0.526. The zero-order valence-corrected chi connectivity index (χ0v) is 11.0. The van der Waals surface area contributed by atoms with Gasteiger partial charge in [0.05, 0.1) is 23.5 Å². The molecule has 2 aromatic rings. The summed E-state index contributed by atoms with van der Waals surface area (Å²) in [7, 11) is 2.05. The molecule has 0 spiro atoms. The Kier molecular flexibility index (Phi) is 3.93. The second kappa shape index (κ2) is 5.44. The molecule has 2 N–H and O–H groups in total. The van der Waals surface area contributed by atoms with E-state index in [9.17, 15) is 0 Å². The summed E-state index contributed by atoms with van der Waals surface area (Å²) < 4.78 is 5.43. The van der Waals surface area contributed by atoms with Crippen LogP contribution in [-0.2, 0) is 19.6 Å². The summed E-state index contributed by atoms with van der Waals surface area (Å²) in [6, 6.07) is 2.00. The average molecular weight is 251 g/mol. The highest BCUT2D eigenvalue weighted by Gasteiger charge is 2.07. The van der Waals surface area contributed by atoms with E-state index in [1.54, 1.807) is 17.6 Å². The van der Waals surface area contributed by atoms with Crippen LogP contribution in [0.3, 0.4) is 0 Å². The summed E-state index contributed by atoms with van der Waals surface area (Å²) >= 11 is 1.68. The van der Waals surface area contributed by atoms with Crippen LogP contribution in [0.5, 0.6) is 0 Å². The number of nitrogens with zero attached hydrogens (tertiary/aromatic N) is 2. The lowest BCUT2D eigenvalue weighted by atomic mass is 10.3. The molecule has 2 heterocycles. The molecule has 0 aliphatic heterocycles. The number of hydrogen-bond acceptors (Lipinski definition) is 5. The smallest absolute Gasteiger partial charge is 0.118 e. The van der Waals surface area contributed by atoms with Crippen molar-refractivity contribution in [3.05, 3.63) is 39.7 Å². The molecule has 4 nitrogen and oxygen atoms in total. The normalized spacial score (nSPS) is 11.3. The molecule has 0 atom stereocenters. The van der Waals surface area contributed by atoms with Crippen molar-refractivity contribution in [1.82, 2.24) is 9.88 Å². The van der Waals surface area contributed by atoms with E-state index in [2.05, 4.69) is 22.3 Å². The molecule has 0 fully saturated rings. The molecule has 2 aromatic heterocycles. The van der Waals surface area contributed by atoms with Gasteiger partial charge in [-0.1, -0.05) is 0 Å². The standard InChI is InChI=1S/C12H17N3OS/c1-9-14-11(8-17-9)5-15(2)6-12-3-10(4-13)7-16-12/h3,7-8H,4-6,13H2,1-2H3. The Bertz CT molecular complexity index is 478. The molecule has 5 heteroatoms. The van der Waals surface area contributed by atoms with Crippen LogP contribution in [0, 0.1) is 6.92 Å². The Morgan fingerprint density at radius 1 is 1.47 bits per heavy atom. The van der Waals surface area contributed by atoms with E-state index >= 15 is 0 Å². The number of furan rings is 1. The monoisotopic (exact) mass is 251 g/mol. The van der Waals surface area contributed by atoms with Gasteiger partial charge in [-0.05, 0) is 20.0 Å². The molecule has 0 radical (unpaired) electrons. The van der Waals surface area contributed by atoms with Gasteiger partial charge in [-0.2, -0.15) is 0 Å². The van der Waals surface area contributed by atoms with Gasteiger partial charge in [0.25, 0.3) is 0 Å². The average Bonchev–Trinajstić information content (AvgIpc) is 2.88. The zero-order chi connectivity index (χ0) is 12.3. The third kappa shape index (κ3) is 3.39.